The van der Waals surface area contributed by atoms with Crippen LogP contribution in [0.3, 0.4) is 0 Å². The molecule has 0 aliphatic carbocycles. The molecule has 0 saturated carbocycles. The van der Waals surface area contributed by atoms with Crippen LogP contribution in [0, 0.1) is 0 Å². The predicted molar refractivity (Wildman–Crippen MR) is 48.3 cm³/mol. The van der Waals surface area contributed by atoms with Crippen molar-refractivity contribution in [3.63, 3.8) is 0 Å². The number of hydrogen-bond donors (Lipinski definition) is 0. The SMILES string of the molecule is CCOP(=O)([O-])OCC.[CH3][Al+][CH3]. The molecule has 0 saturated heterocycles. The van der Waals surface area contributed by atoms with Crippen LogP contribution in [0.15, 0.2) is 0 Å². The van der Waals surface area contributed by atoms with Crippen molar-refractivity contribution in [2.45, 2.75) is 25.4 Å². The van der Waals surface area contributed by atoms with Crippen molar-refractivity contribution in [2.24, 2.45) is 0 Å². The van der Waals surface area contributed by atoms with Crippen LogP contribution in [0.5, 0.6) is 0 Å². The molecule has 0 fully saturated rings. The van der Waals surface area contributed by atoms with Gasteiger partial charge in [-0.1, -0.05) is 0 Å². The first-order chi connectivity index (χ1) is 5.54. The van der Waals surface area contributed by atoms with Gasteiger partial charge in [-0.2, -0.15) is 0 Å². The zero-order valence-corrected chi connectivity index (χ0v) is 10.1. The summed E-state index contributed by atoms with van der Waals surface area (Å²) in [5.41, 5.74) is 0. The van der Waals surface area contributed by atoms with E-state index in [4.69, 9.17) is 0 Å². The molecule has 4 nitrogen and oxygen atoms in total. The second-order valence-corrected chi connectivity index (χ2v) is 4.43. The average molecular weight is 210 g/mol. The van der Waals surface area contributed by atoms with Crippen molar-refractivity contribution in [3.8, 4) is 0 Å². The van der Waals surface area contributed by atoms with E-state index in [1.807, 2.05) is 0 Å². The Morgan fingerprint density at radius 3 is 1.67 bits per heavy atom. The molecule has 0 aromatic rings. The molecule has 0 heterocycles. The fourth-order valence-electron chi connectivity index (χ4n) is 0.353. The quantitative estimate of drug-likeness (QED) is 0.518. The summed E-state index contributed by atoms with van der Waals surface area (Å²) < 4.78 is 18.9. The number of phosphoric ester groups is 1. The topological polar surface area (TPSA) is 58.6 Å². The van der Waals surface area contributed by atoms with E-state index in [-0.39, 0.29) is 13.2 Å². The maximum atomic E-state index is 10.4. The molecule has 0 bridgehead atoms. The van der Waals surface area contributed by atoms with Gasteiger partial charge in [0.05, 0.1) is 13.2 Å². The van der Waals surface area contributed by atoms with Gasteiger partial charge in [0.25, 0.3) is 7.82 Å². The third-order valence-electron chi connectivity index (χ3n) is 0.574. The van der Waals surface area contributed by atoms with Gasteiger partial charge in [-0.05, 0) is 13.8 Å². The Bertz CT molecular complexity index is 121. The molecule has 72 valence electrons. The Morgan fingerprint density at radius 1 is 1.25 bits per heavy atom. The van der Waals surface area contributed by atoms with Crippen molar-refractivity contribution in [3.05, 3.63) is 0 Å². The minimum atomic E-state index is -3.94. The molecule has 0 aromatic heterocycles. The van der Waals surface area contributed by atoms with Gasteiger partial charge in [-0.25, -0.2) is 0 Å². The van der Waals surface area contributed by atoms with Gasteiger partial charge in [0.2, 0.25) is 0 Å². The summed E-state index contributed by atoms with van der Waals surface area (Å²) in [6, 6.07) is 0. The normalized spacial score (nSPS) is 9.75. The minimum absolute atomic E-state index is 0.126. The molecular formula is C6H16AlO4P. The van der Waals surface area contributed by atoms with Crippen LogP contribution in [0.4, 0.5) is 0 Å². The summed E-state index contributed by atoms with van der Waals surface area (Å²) >= 11 is 0.750. The van der Waals surface area contributed by atoms with Gasteiger partial charge in [-0.15, -0.1) is 0 Å². The first kappa shape index (κ1) is 15.1. The first-order valence-electron chi connectivity index (χ1n) is 3.88. The van der Waals surface area contributed by atoms with Crippen molar-refractivity contribution < 1.29 is 18.5 Å². The second kappa shape index (κ2) is 9.73. The van der Waals surface area contributed by atoms with Gasteiger partial charge in [0.1, 0.15) is 0 Å². The summed E-state index contributed by atoms with van der Waals surface area (Å²) in [4.78, 5) is 10.4. The molecule has 0 rings (SSSR count). The van der Waals surface area contributed by atoms with Crippen LogP contribution in [0.25, 0.3) is 0 Å². The molecule has 0 aliphatic rings. The molecule has 0 aliphatic heterocycles. The van der Waals surface area contributed by atoms with E-state index in [0.717, 1.165) is 15.2 Å². The van der Waals surface area contributed by atoms with Crippen LogP contribution in [0.2, 0.25) is 11.6 Å². The maximum absolute atomic E-state index is 10.4. The summed E-state index contributed by atoms with van der Waals surface area (Å²) in [5.74, 6) is 4.42. The summed E-state index contributed by atoms with van der Waals surface area (Å²) in [6.07, 6.45) is 0. The fourth-order valence-corrected chi connectivity index (χ4v) is 1.06. The summed E-state index contributed by atoms with van der Waals surface area (Å²) in [6.45, 7) is 3.43. The third-order valence-corrected chi connectivity index (χ3v) is 1.72. The Morgan fingerprint density at radius 2 is 1.50 bits per heavy atom. The van der Waals surface area contributed by atoms with Gasteiger partial charge in [-0.3, -0.25) is 4.57 Å². The molecule has 0 spiro atoms. The summed E-state index contributed by atoms with van der Waals surface area (Å²) in [7, 11) is -3.94. The number of hydrogen-bond acceptors (Lipinski definition) is 4. The molecule has 0 unspecified atom stereocenters. The van der Waals surface area contributed by atoms with Crippen LogP contribution < -0.4 is 4.89 Å². The predicted octanol–water partition coefficient (Wildman–Crippen LogP) is 1.31. The van der Waals surface area contributed by atoms with E-state index in [1.165, 1.54) is 0 Å². The zero-order chi connectivity index (χ0) is 10.0. The Hall–Kier alpha value is 0.642. The molecule has 0 atom stereocenters. The number of phosphoric acid groups is 1. The third kappa shape index (κ3) is 13.2. The second-order valence-electron chi connectivity index (χ2n) is 1.86. The van der Waals surface area contributed by atoms with Crippen molar-refractivity contribution >= 4 is 23.0 Å². The Labute approximate surface area is 80.6 Å². The molecular weight excluding hydrogens is 194 g/mol. The Kier molecular flexibility index (Phi) is 12.3. The van der Waals surface area contributed by atoms with Gasteiger partial charge < -0.3 is 13.9 Å². The van der Waals surface area contributed by atoms with E-state index in [2.05, 4.69) is 20.6 Å². The zero-order valence-electron chi connectivity index (χ0n) is 8.07. The van der Waals surface area contributed by atoms with Crippen LogP contribution in [-0.4, -0.2) is 28.4 Å². The molecule has 12 heavy (non-hydrogen) atoms. The van der Waals surface area contributed by atoms with E-state index >= 15 is 0 Å². The standard InChI is InChI=1S/C4H11O4P.2CH3.Al/c1-3-7-9(5,6)8-4-2;;;/h3-4H2,1-2H3,(H,5,6);2*1H3;/q;;;+1/p-1. The molecule has 6 heteroatoms. The van der Waals surface area contributed by atoms with Gasteiger partial charge >= 0.3 is 26.8 Å². The van der Waals surface area contributed by atoms with E-state index in [9.17, 15) is 9.46 Å². The van der Waals surface area contributed by atoms with Crippen LogP contribution in [-0.2, 0) is 13.6 Å². The van der Waals surface area contributed by atoms with Crippen molar-refractivity contribution in [1.82, 2.24) is 0 Å². The Balaban J connectivity index is 0. The van der Waals surface area contributed by atoms with Crippen LogP contribution in [0.1, 0.15) is 13.8 Å². The molecule has 0 amide bonds. The van der Waals surface area contributed by atoms with Crippen molar-refractivity contribution in [1.29, 1.82) is 0 Å². The number of rotatable bonds is 4. The monoisotopic (exact) mass is 210 g/mol. The van der Waals surface area contributed by atoms with Gasteiger partial charge in [0.15, 0.2) is 0 Å². The fraction of sp³-hybridized carbons (Fsp3) is 1.00. The van der Waals surface area contributed by atoms with E-state index in [0.29, 0.717) is 0 Å². The van der Waals surface area contributed by atoms with E-state index < -0.39 is 7.82 Å². The molecule has 0 aromatic carbocycles. The van der Waals surface area contributed by atoms with Crippen LogP contribution >= 0.6 is 7.82 Å². The molecule has 0 N–H and O–H groups in total. The average Bonchev–Trinajstić information content (AvgIpc) is 1.88. The summed E-state index contributed by atoms with van der Waals surface area (Å²) in [5, 5.41) is 0. The van der Waals surface area contributed by atoms with E-state index in [1.54, 1.807) is 13.8 Å². The van der Waals surface area contributed by atoms with Gasteiger partial charge in [0, 0.05) is 0 Å². The first-order valence-corrected chi connectivity index (χ1v) is 7.65. The van der Waals surface area contributed by atoms with Crippen molar-refractivity contribution in [2.75, 3.05) is 13.2 Å². The molecule has 0 radical (unpaired) electrons.